The molecule has 0 spiro atoms. The van der Waals surface area contributed by atoms with E-state index in [1.165, 1.54) is 6.21 Å². The first-order valence-electron chi connectivity index (χ1n) is 6.64. The van der Waals surface area contributed by atoms with Crippen LogP contribution in [-0.2, 0) is 4.79 Å². The second-order valence-corrected chi connectivity index (χ2v) is 5.16. The third kappa shape index (κ3) is 5.97. The van der Waals surface area contributed by atoms with Gasteiger partial charge in [-0.25, -0.2) is 5.43 Å². The zero-order chi connectivity index (χ0) is 15.6. The van der Waals surface area contributed by atoms with Crippen LogP contribution in [0.15, 0.2) is 62.7 Å². The number of rotatable bonds is 7. The van der Waals surface area contributed by atoms with E-state index in [4.69, 9.17) is 9.15 Å². The van der Waals surface area contributed by atoms with Crippen molar-refractivity contribution in [3.8, 4) is 5.75 Å². The van der Waals surface area contributed by atoms with Gasteiger partial charge in [-0.05, 0) is 42.5 Å². The zero-order valence-corrected chi connectivity index (χ0v) is 13.3. The second kappa shape index (κ2) is 8.84. The van der Waals surface area contributed by atoms with Crippen LogP contribution >= 0.6 is 15.9 Å². The highest BCUT2D eigenvalue weighted by molar-refractivity contribution is 9.10. The summed E-state index contributed by atoms with van der Waals surface area (Å²) in [6.07, 6.45) is 6.72. The fourth-order valence-corrected chi connectivity index (χ4v) is 1.93. The maximum atomic E-state index is 11.5. The molecule has 0 atom stereocenters. The number of hydrogen-bond acceptors (Lipinski definition) is 4. The summed E-state index contributed by atoms with van der Waals surface area (Å²) in [5.41, 5.74) is 2.42. The standard InChI is InChI=1S/C16H15BrN2O3/c17-13-4-1-5-15(12-13)22-11-8-16(20)19-18-9-2-6-14-7-3-10-21-14/h1-7,9-10,12H,8,11H2,(H,19,20)/b6-2+,18-9+. The topological polar surface area (TPSA) is 63.8 Å². The maximum absolute atomic E-state index is 11.5. The summed E-state index contributed by atoms with van der Waals surface area (Å²) >= 11 is 3.35. The van der Waals surface area contributed by atoms with E-state index in [-0.39, 0.29) is 12.3 Å². The Morgan fingerprint density at radius 3 is 3.05 bits per heavy atom. The number of ether oxygens (including phenoxy) is 1. The predicted octanol–water partition coefficient (Wildman–Crippen LogP) is 3.63. The maximum Gasteiger partial charge on any atom is 0.243 e. The largest absolute Gasteiger partial charge is 0.493 e. The quantitative estimate of drug-likeness (QED) is 0.604. The van der Waals surface area contributed by atoms with Gasteiger partial charge in [0.25, 0.3) is 0 Å². The van der Waals surface area contributed by atoms with Gasteiger partial charge in [-0.15, -0.1) is 0 Å². The van der Waals surface area contributed by atoms with Crippen molar-refractivity contribution in [3.63, 3.8) is 0 Å². The lowest BCUT2D eigenvalue weighted by Gasteiger charge is -2.05. The number of furan rings is 1. The monoisotopic (exact) mass is 362 g/mol. The minimum atomic E-state index is -0.211. The van der Waals surface area contributed by atoms with E-state index in [0.29, 0.717) is 12.4 Å². The molecule has 0 fully saturated rings. The lowest BCUT2D eigenvalue weighted by atomic mass is 10.3. The Morgan fingerprint density at radius 2 is 2.27 bits per heavy atom. The van der Waals surface area contributed by atoms with E-state index in [2.05, 4.69) is 26.5 Å². The molecule has 1 aromatic carbocycles. The molecule has 22 heavy (non-hydrogen) atoms. The van der Waals surface area contributed by atoms with Crippen molar-refractivity contribution < 1.29 is 13.9 Å². The highest BCUT2D eigenvalue weighted by atomic mass is 79.9. The molecule has 0 aliphatic heterocycles. The summed E-state index contributed by atoms with van der Waals surface area (Å²) in [6, 6.07) is 11.1. The van der Waals surface area contributed by atoms with Gasteiger partial charge in [0.2, 0.25) is 5.91 Å². The smallest absolute Gasteiger partial charge is 0.243 e. The van der Waals surface area contributed by atoms with E-state index < -0.39 is 0 Å². The van der Waals surface area contributed by atoms with Gasteiger partial charge in [-0.2, -0.15) is 5.10 Å². The number of nitrogens with one attached hydrogen (secondary N) is 1. The van der Waals surface area contributed by atoms with E-state index in [1.807, 2.05) is 30.3 Å². The number of nitrogens with zero attached hydrogens (tertiary/aromatic N) is 1. The first-order valence-corrected chi connectivity index (χ1v) is 7.44. The van der Waals surface area contributed by atoms with Crippen LogP contribution in [-0.4, -0.2) is 18.7 Å². The molecule has 114 valence electrons. The van der Waals surface area contributed by atoms with Crippen molar-refractivity contribution in [3.05, 3.63) is 59.0 Å². The van der Waals surface area contributed by atoms with Crippen molar-refractivity contribution in [2.45, 2.75) is 6.42 Å². The Kier molecular flexibility index (Phi) is 6.44. The molecular formula is C16H15BrN2O3. The van der Waals surface area contributed by atoms with Gasteiger partial charge in [0, 0.05) is 10.7 Å². The number of hydrazone groups is 1. The van der Waals surface area contributed by atoms with E-state index >= 15 is 0 Å². The van der Waals surface area contributed by atoms with E-state index in [9.17, 15) is 4.79 Å². The number of benzene rings is 1. The van der Waals surface area contributed by atoms with Crippen molar-refractivity contribution in [2.24, 2.45) is 5.10 Å². The van der Waals surface area contributed by atoms with E-state index in [1.54, 1.807) is 24.5 Å². The van der Waals surface area contributed by atoms with Gasteiger partial charge < -0.3 is 9.15 Å². The van der Waals surface area contributed by atoms with Crippen molar-refractivity contribution in [1.82, 2.24) is 5.43 Å². The molecule has 2 rings (SSSR count). The molecule has 5 nitrogen and oxygen atoms in total. The Morgan fingerprint density at radius 1 is 1.36 bits per heavy atom. The van der Waals surface area contributed by atoms with Crippen molar-refractivity contribution >= 4 is 34.1 Å². The lowest BCUT2D eigenvalue weighted by Crippen LogP contribution is -2.19. The lowest BCUT2D eigenvalue weighted by molar-refractivity contribution is -0.121. The van der Waals surface area contributed by atoms with Gasteiger partial charge in [-0.3, -0.25) is 4.79 Å². The molecule has 1 N–H and O–H groups in total. The summed E-state index contributed by atoms with van der Waals surface area (Å²) in [6.45, 7) is 0.292. The van der Waals surface area contributed by atoms with Gasteiger partial charge in [-0.1, -0.05) is 22.0 Å². The predicted molar refractivity (Wildman–Crippen MR) is 88.6 cm³/mol. The van der Waals surface area contributed by atoms with Crippen LogP contribution < -0.4 is 10.2 Å². The number of halogens is 1. The molecule has 0 saturated heterocycles. The first-order chi connectivity index (χ1) is 10.7. The van der Waals surface area contributed by atoms with Crippen LogP contribution in [0.4, 0.5) is 0 Å². The summed E-state index contributed by atoms with van der Waals surface area (Å²) in [7, 11) is 0. The molecule has 0 unspecified atom stereocenters. The molecule has 0 aliphatic carbocycles. The molecule has 1 aromatic heterocycles. The number of amides is 1. The molecular weight excluding hydrogens is 348 g/mol. The summed E-state index contributed by atoms with van der Waals surface area (Å²) in [5.74, 6) is 1.23. The number of hydrogen-bond donors (Lipinski definition) is 1. The first kappa shape index (κ1) is 16.0. The average molecular weight is 363 g/mol. The van der Waals surface area contributed by atoms with Crippen LogP contribution in [0.5, 0.6) is 5.75 Å². The normalized spacial score (nSPS) is 11.1. The molecule has 0 saturated carbocycles. The van der Waals surface area contributed by atoms with Gasteiger partial charge in [0.05, 0.1) is 19.3 Å². The fourth-order valence-electron chi connectivity index (χ4n) is 1.55. The van der Waals surface area contributed by atoms with Crippen molar-refractivity contribution in [2.75, 3.05) is 6.61 Å². The summed E-state index contributed by atoms with van der Waals surface area (Å²) < 4.78 is 11.5. The number of allylic oxidation sites excluding steroid dienone is 1. The molecule has 1 heterocycles. The van der Waals surface area contributed by atoms with Crippen LogP contribution in [0.2, 0.25) is 0 Å². The minimum Gasteiger partial charge on any atom is -0.493 e. The summed E-state index contributed by atoms with van der Waals surface area (Å²) in [5, 5.41) is 3.79. The molecule has 0 radical (unpaired) electrons. The highest BCUT2D eigenvalue weighted by Gasteiger charge is 2.00. The molecule has 0 bridgehead atoms. The second-order valence-electron chi connectivity index (χ2n) is 4.24. The van der Waals surface area contributed by atoms with Crippen LogP contribution in [0, 0.1) is 0 Å². The third-order valence-corrected chi connectivity index (χ3v) is 3.04. The Bertz CT molecular complexity index is 651. The Balaban J connectivity index is 1.63. The van der Waals surface area contributed by atoms with Gasteiger partial charge in [0.15, 0.2) is 0 Å². The van der Waals surface area contributed by atoms with Crippen LogP contribution in [0.25, 0.3) is 6.08 Å². The third-order valence-electron chi connectivity index (χ3n) is 2.55. The van der Waals surface area contributed by atoms with Gasteiger partial charge in [0.1, 0.15) is 11.5 Å². The van der Waals surface area contributed by atoms with Crippen LogP contribution in [0.1, 0.15) is 12.2 Å². The minimum absolute atomic E-state index is 0.211. The molecule has 1 amide bonds. The van der Waals surface area contributed by atoms with E-state index in [0.717, 1.165) is 10.2 Å². The van der Waals surface area contributed by atoms with Crippen LogP contribution in [0.3, 0.4) is 0 Å². The average Bonchev–Trinajstić information content (AvgIpc) is 3.00. The highest BCUT2D eigenvalue weighted by Crippen LogP contribution is 2.17. The van der Waals surface area contributed by atoms with Gasteiger partial charge >= 0.3 is 0 Å². The Labute approximate surface area is 136 Å². The number of carbonyl (C=O) groups is 1. The molecule has 2 aromatic rings. The Hall–Kier alpha value is -2.34. The molecule has 0 aliphatic rings. The van der Waals surface area contributed by atoms with Crippen molar-refractivity contribution in [1.29, 1.82) is 0 Å². The SMILES string of the molecule is O=C(CCOc1cccc(Br)c1)N/N=C/C=C/c1ccco1. The number of carbonyl (C=O) groups excluding carboxylic acids is 1. The fraction of sp³-hybridized carbons (Fsp3) is 0.125. The zero-order valence-electron chi connectivity index (χ0n) is 11.7. The summed E-state index contributed by atoms with van der Waals surface area (Å²) in [4.78, 5) is 11.5. The molecule has 6 heteroatoms.